The van der Waals surface area contributed by atoms with Crippen LogP contribution in [0, 0.1) is 6.92 Å². The first-order valence-electron chi connectivity index (χ1n) is 9.36. The van der Waals surface area contributed by atoms with E-state index < -0.39 is 0 Å². The van der Waals surface area contributed by atoms with E-state index in [2.05, 4.69) is 30.5 Å². The summed E-state index contributed by atoms with van der Waals surface area (Å²) in [6.45, 7) is 8.09. The molecule has 1 saturated heterocycles. The summed E-state index contributed by atoms with van der Waals surface area (Å²) in [6, 6.07) is 3.79. The summed E-state index contributed by atoms with van der Waals surface area (Å²) >= 11 is 0. The van der Waals surface area contributed by atoms with Gasteiger partial charge < -0.3 is 20.3 Å². The van der Waals surface area contributed by atoms with E-state index in [4.69, 9.17) is 4.74 Å². The monoisotopic (exact) mass is 381 g/mol. The van der Waals surface area contributed by atoms with Gasteiger partial charge in [0.05, 0.1) is 24.1 Å². The Balaban J connectivity index is 1.50. The number of piperazine rings is 1. The van der Waals surface area contributed by atoms with Crippen LogP contribution in [0.4, 0.5) is 11.5 Å². The molecule has 1 aliphatic heterocycles. The molecule has 146 valence electrons. The van der Waals surface area contributed by atoms with Gasteiger partial charge in [0.2, 0.25) is 11.7 Å². The Labute approximate surface area is 162 Å². The Morgan fingerprint density at radius 1 is 1.25 bits per heavy atom. The standard InChI is InChI=1S/C19H23N7O2/c1-3-28-18-13(2)23-19-22-10-14(12-26(18)19)17(27)24-16-5-4-15(11-21-16)25-8-6-20-7-9-25/h4-5,10-12,20H,3,6-9H2,1-2H3,(H,21,24,27). The van der Waals surface area contributed by atoms with Gasteiger partial charge >= 0.3 is 0 Å². The van der Waals surface area contributed by atoms with Crippen molar-refractivity contribution < 1.29 is 9.53 Å². The Kier molecular flexibility index (Phi) is 5.07. The number of carbonyl (C=O) groups is 1. The van der Waals surface area contributed by atoms with Crippen LogP contribution in [0.1, 0.15) is 23.0 Å². The van der Waals surface area contributed by atoms with Crippen molar-refractivity contribution in [3.63, 3.8) is 0 Å². The Hall–Kier alpha value is -3.20. The largest absolute Gasteiger partial charge is 0.478 e. The van der Waals surface area contributed by atoms with E-state index in [1.807, 2.05) is 26.0 Å². The SMILES string of the molecule is CCOc1c(C)nc2ncc(C(=O)Nc3ccc(N4CCNCC4)cn3)cn12. The average Bonchev–Trinajstić information content (AvgIpc) is 3.04. The second kappa shape index (κ2) is 7.81. The van der Waals surface area contributed by atoms with E-state index in [0.717, 1.165) is 37.6 Å². The molecular weight excluding hydrogens is 358 g/mol. The van der Waals surface area contributed by atoms with Crippen molar-refractivity contribution in [1.29, 1.82) is 0 Å². The van der Waals surface area contributed by atoms with Gasteiger partial charge in [-0.1, -0.05) is 0 Å². The summed E-state index contributed by atoms with van der Waals surface area (Å²) in [5, 5.41) is 6.14. The fourth-order valence-electron chi connectivity index (χ4n) is 3.21. The highest BCUT2D eigenvalue weighted by molar-refractivity contribution is 6.03. The summed E-state index contributed by atoms with van der Waals surface area (Å²) in [5.74, 6) is 1.30. The zero-order chi connectivity index (χ0) is 19.5. The van der Waals surface area contributed by atoms with Crippen LogP contribution in [0.25, 0.3) is 5.78 Å². The summed E-state index contributed by atoms with van der Waals surface area (Å²) in [4.78, 5) is 27.9. The molecule has 0 unspecified atom stereocenters. The molecule has 1 aliphatic rings. The minimum absolute atomic E-state index is 0.286. The fraction of sp³-hybridized carbons (Fsp3) is 0.368. The molecule has 0 atom stereocenters. The van der Waals surface area contributed by atoms with Crippen LogP contribution >= 0.6 is 0 Å². The molecule has 1 amide bonds. The molecule has 0 saturated carbocycles. The van der Waals surface area contributed by atoms with Crippen molar-refractivity contribution in [3.8, 4) is 5.88 Å². The number of aromatic nitrogens is 4. The highest BCUT2D eigenvalue weighted by Gasteiger charge is 2.15. The second-order valence-corrected chi connectivity index (χ2v) is 6.54. The van der Waals surface area contributed by atoms with Gasteiger partial charge in [-0.25, -0.2) is 15.0 Å². The third-order valence-electron chi connectivity index (χ3n) is 4.61. The highest BCUT2D eigenvalue weighted by atomic mass is 16.5. The minimum Gasteiger partial charge on any atom is -0.478 e. The Morgan fingerprint density at radius 3 is 2.79 bits per heavy atom. The number of fused-ring (bicyclic) bond motifs is 1. The maximum Gasteiger partial charge on any atom is 0.259 e. The van der Waals surface area contributed by atoms with Crippen molar-refractivity contribution in [2.24, 2.45) is 0 Å². The molecule has 0 aromatic carbocycles. The molecule has 4 heterocycles. The number of anilines is 2. The third kappa shape index (κ3) is 3.61. The topological polar surface area (TPSA) is 96.7 Å². The number of hydrogen-bond donors (Lipinski definition) is 2. The lowest BCUT2D eigenvalue weighted by molar-refractivity contribution is 0.102. The molecule has 1 fully saturated rings. The molecule has 9 heteroatoms. The first-order valence-corrected chi connectivity index (χ1v) is 9.36. The lowest BCUT2D eigenvalue weighted by atomic mass is 10.3. The van der Waals surface area contributed by atoms with E-state index in [1.54, 1.807) is 16.8 Å². The number of hydrogen-bond acceptors (Lipinski definition) is 7. The number of amides is 1. The number of nitrogens with one attached hydrogen (secondary N) is 2. The number of aryl methyl sites for hydroxylation is 1. The van der Waals surface area contributed by atoms with Crippen LogP contribution in [0.5, 0.6) is 5.88 Å². The normalized spacial score (nSPS) is 14.3. The third-order valence-corrected chi connectivity index (χ3v) is 4.61. The lowest BCUT2D eigenvalue weighted by Crippen LogP contribution is -2.43. The predicted molar refractivity (Wildman–Crippen MR) is 106 cm³/mol. The van der Waals surface area contributed by atoms with E-state index in [1.165, 1.54) is 6.20 Å². The molecular formula is C19H23N7O2. The van der Waals surface area contributed by atoms with Crippen molar-refractivity contribution in [3.05, 3.63) is 42.0 Å². The number of nitrogens with zero attached hydrogens (tertiary/aromatic N) is 5. The maximum absolute atomic E-state index is 12.6. The molecule has 3 aromatic heterocycles. The maximum atomic E-state index is 12.6. The molecule has 0 bridgehead atoms. The predicted octanol–water partition coefficient (Wildman–Crippen LogP) is 1.49. The van der Waals surface area contributed by atoms with Gasteiger partial charge in [-0.2, -0.15) is 0 Å². The molecule has 0 radical (unpaired) electrons. The molecule has 3 aromatic rings. The van der Waals surface area contributed by atoms with Crippen molar-refractivity contribution in [2.75, 3.05) is 43.0 Å². The highest BCUT2D eigenvalue weighted by Crippen LogP contribution is 2.20. The number of pyridine rings is 1. The molecule has 0 spiro atoms. The fourth-order valence-corrected chi connectivity index (χ4v) is 3.21. The Bertz CT molecular complexity index is 978. The van der Waals surface area contributed by atoms with Crippen molar-refractivity contribution in [1.82, 2.24) is 24.7 Å². The van der Waals surface area contributed by atoms with Gasteiger partial charge in [0.15, 0.2) is 0 Å². The quantitative estimate of drug-likeness (QED) is 0.691. The molecule has 28 heavy (non-hydrogen) atoms. The number of ether oxygens (including phenoxy) is 1. The summed E-state index contributed by atoms with van der Waals surface area (Å²) < 4.78 is 7.31. The summed E-state index contributed by atoms with van der Waals surface area (Å²) in [7, 11) is 0. The number of imidazole rings is 1. The number of rotatable bonds is 5. The van der Waals surface area contributed by atoms with Crippen LogP contribution in [-0.2, 0) is 0 Å². The first-order chi connectivity index (χ1) is 13.7. The van der Waals surface area contributed by atoms with Crippen LogP contribution in [0.3, 0.4) is 0 Å². The van der Waals surface area contributed by atoms with Gasteiger partial charge in [0.25, 0.3) is 5.91 Å². The van der Waals surface area contributed by atoms with Gasteiger partial charge in [-0.15, -0.1) is 0 Å². The minimum atomic E-state index is -0.286. The van der Waals surface area contributed by atoms with E-state index in [9.17, 15) is 4.79 Å². The van der Waals surface area contributed by atoms with E-state index in [0.29, 0.717) is 29.6 Å². The first kappa shape index (κ1) is 18.2. The number of carbonyl (C=O) groups excluding carboxylic acids is 1. The van der Waals surface area contributed by atoms with E-state index >= 15 is 0 Å². The zero-order valence-corrected chi connectivity index (χ0v) is 16.0. The van der Waals surface area contributed by atoms with Crippen molar-refractivity contribution >= 4 is 23.2 Å². The molecule has 9 nitrogen and oxygen atoms in total. The van der Waals surface area contributed by atoms with Gasteiger partial charge in [-0.05, 0) is 26.0 Å². The van der Waals surface area contributed by atoms with Gasteiger partial charge in [0, 0.05) is 38.6 Å². The zero-order valence-electron chi connectivity index (χ0n) is 16.0. The molecule has 0 aliphatic carbocycles. The van der Waals surface area contributed by atoms with Crippen molar-refractivity contribution in [2.45, 2.75) is 13.8 Å². The molecule has 2 N–H and O–H groups in total. The Morgan fingerprint density at radius 2 is 2.07 bits per heavy atom. The van der Waals surface area contributed by atoms with Crippen LogP contribution in [-0.4, -0.2) is 58.0 Å². The summed E-state index contributed by atoms with van der Waals surface area (Å²) in [5.41, 5.74) is 2.19. The van der Waals surface area contributed by atoms with Gasteiger partial charge in [-0.3, -0.25) is 9.20 Å². The molecule has 4 rings (SSSR count). The lowest BCUT2D eigenvalue weighted by Gasteiger charge is -2.29. The smallest absolute Gasteiger partial charge is 0.259 e. The summed E-state index contributed by atoms with van der Waals surface area (Å²) in [6.07, 6.45) is 4.97. The second-order valence-electron chi connectivity index (χ2n) is 6.54. The van der Waals surface area contributed by atoms with Crippen LogP contribution < -0.4 is 20.3 Å². The average molecular weight is 381 g/mol. The van der Waals surface area contributed by atoms with Gasteiger partial charge in [0.1, 0.15) is 11.5 Å². The van der Waals surface area contributed by atoms with Crippen LogP contribution in [0.2, 0.25) is 0 Å². The van der Waals surface area contributed by atoms with E-state index in [-0.39, 0.29) is 5.91 Å². The van der Waals surface area contributed by atoms with Crippen LogP contribution in [0.15, 0.2) is 30.7 Å².